The van der Waals surface area contributed by atoms with E-state index >= 15 is 0 Å². The minimum absolute atomic E-state index is 0.177. The average Bonchev–Trinajstić information content (AvgIpc) is 2.92. The Hall–Kier alpha value is -4.20. The normalized spacial score (nSPS) is 12.7. The fourth-order valence-electron chi connectivity index (χ4n) is 3.65. The predicted octanol–water partition coefficient (Wildman–Crippen LogP) is 5.06. The summed E-state index contributed by atoms with van der Waals surface area (Å²) in [5.41, 5.74) is 3.26. The Kier molecular flexibility index (Phi) is 6.32. The van der Waals surface area contributed by atoms with Crippen molar-refractivity contribution in [1.29, 1.82) is 10.8 Å². The third kappa shape index (κ3) is 5.06. The second kappa shape index (κ2) is 9.35. The van der Waals surface area contributed by atoms with Gasteiger partial charge in [-0.1, -0.05) is 36.4 Å². The number of hydrogen-bond acceptors (Lipinski definition) is 6. The highest BCUT2D eigenvalue weighted by Crippen LogP contribution is 2.34. The maximum absolute atomic E-state index is 11.8. The fourth-order valence-corrected chi connectivity index (χ4v) is 3.65. The largest absolute Gasteiger partial charge is 0.444 e. The van der Waals surface area contributed by atoms with Gasteiger partial charge in [0.05, 0.1) is 11.4 Å². The number of benzene rings is 2. The Morgan fingerprint density at radius 1 is 1.09 bits per heavy atom. The molecule has 1 aliphatic rings. The predicted molar refractivity (Wildman–Crippen MR) is 134 cm³/mol. The first-order chi connectivity index (χ1) is 16.2. The zero-order valence-corrected chi connectivity index (χ0v) is 19.5. The molecule has 0 saturated heterocycles. The fraction of sp³-hybridized carbons (Fsp3) is 0.231. The Bertz CT molecular complexity index is 1230. The Labute approximate surface area is 199 Å². The number of aromatic nitrogens is 1. The Morgan fingerprint density at radius 2 is 1.82 bits per heavy atom. The molecule has 0 saturated carbocycles. The van der Waals surface area contributed by atoms with Gasteiger partial charge in [0, 0.05) is 23.9 Å². The third-order valence-electron chi connectivity index (χ3n) is 5.22. The number of nitrogens with zero attached hydrogens (tertiary/aromatic N) is 2. The van der Waals surface area contributed by atoms with E-state index in [-0.39, 0.29) is 11.7 Å². The number of para-hydroxylation sites is 1. The molecule has 8 heteroatoms. The van der Waals surface area contributed by atoms with E-state index in [0.717, 1.165) is 11.3 Å². The lowest BCUT2D eigenvalue weighted by Gasteiger charge is -2.25. The van der Waals surface area contributed by atoms with Crippen molar-refractivity contribution in [3.05, 3.63) is 83.6 Å². The number of hydrogen-bond donors (Lipinski definition) is 4. The van der Waals surface area contributed by atoms with E-state index < -0.39 is 11.7 Å². The van der Waals surface area contributed by atoms with Crippen molar-refractivity contribution in [2.45, 2.75) is 32.8 Å². The van der Waals surface area contributed by atoms with Crippen molar-refractivity contribution < 1.29 is 9.53 Å². The van der Waals surface area contributed by atoms with E-state index in [2.05, 4.69) is 15.6 Å². The van der Waals surface area contributed by atoms with Gasteiger partial charge in [-0.25, -0.2) is 9.78 Å². The summed E-state index contributed by atoms with van der Waals surface area (Å²) in [5, 5.41) is 23.9. The zero-order chi connectivity index (χ0) is 24.3. The van der Waals surface area contributed by atoms with Gasteiger partial charge in [-0.15, -0.1) is 0 Å². The van der Waals surface area contributed by atoms with Crippen LogP contribution in [0, 0.1) is 10.8 Å². The molecule has 0 radical (unpaired) electrons. The van der Waals surface area contributed by atoms with Gasteiger partial charge in [0.15, 0.2) is 5.82 Å². The number of anilines is 3. The number of fused-ring (bicyclic) bond motifs is 2. The van der Waals surface area contributed by atoms with Gasteiger partial charge in [-0.05, 0) is 57.0 Å². The molecule has 0 spiro atoms. The summed E-state index contributed by atoms with van der Waals surface area (Å²) in [6, 6.07) is 18.8. The summed E-state index contributed by atoms with van der Waals surface area (Å²) in [7, 11) is 0. The molecule has 4 N–H and O–H groups in total. The van der Waals surface area contributed by atoms with Crippen molar-refractivity contribution in [2.24, 2.45) is 0 Å². The van der Waals surface area contributed by atoms with Crippen molar-refractivity contribution in [3.8, 4) is 0 Å². The quantitative estimate of drug-likeness (QED) is 0.324. The number of amidine groups is 2. The first-order valence-electron chi connectivity index (χ1n) is 11.1. The molecule has 8 nitrogen and oxygen atoms in total. The van der Waals surface area contributed by atoms with Crippen LogP contribution in [-0.4, -0.2) is 34.9 Å². The summed E-state index contributed by atoms with van der Waals surface area (Å²) < 4.78 is 5.25. The SMILES string of the molecule is CC(C)(C)OC(=O)NCCc1ccc(C(=N)N2C(=N)c3ccccc3Nc3ncccc32)cc1. The number of amides is 1. The van der Waals surface area contributed by atoms with Crippen LogP contribution in [0.1, 0.15) is 37.5 Å². The topological polar surface area (TPSA) is 114 Å². The van der Waals surface area contributed by atoms with Crippen LogP contribution in [0.25, 0.3) is 0 Å². The van der Waals surface area contributed by atoms with Crippen molar-refractivity contribution >= 4 is 35.0 Å². The van der Waals surface area contributed by atoms with Gasteiger partial charge in [0.25, 0.3) is 0 Å². The lowest BCUT2D eigenvalue weighted by Crippen LogP contribution is -2.36. The van der Waals surface area contributed by atoms with Crippen LogP contribution in [0.3, 0.4) is 0 Å². The molecule has 2 aromatic carbocycles. The van der Waals surface area contributed by atoms with Crippen LogP contribution in [0.5, 0.6) is 0 Å². The standard InChI is InChI=1S/C26H28N6O2/c1-26(2,3)34-25(33)30-16-14-17-10-12-18(13-11-17)22(27)32-21-9-6-15-29-24(21)31-20-8-5-4-7-19(20)23(32)28/h4-13,15,27-28H,14,16H2,1-3H3,(H,29,31)(H,30,33). The highest BCUT2D eigenvalue weighted by molar-refractivity contribution is 6.30. The number of ether oxygens (including phenoxy) is 1. The molecule has 0 bridgehead atoms. The molecule has 34 heavy (non-hydrogen) atoms. The number of pyridine rings is 1. The molecule has 3 aromatic rings. The van der Waals surface area contributed by atoms with Crippen molar-refractivity contribution in [3.63, 3.8) is 0 Å². The third-order valence-corrected chi connectivity index (χ3v) is 5.22. The summed E-state index contributed by atoms with van der Waals surface area (Å²) in [4.78, 5) is 17.8. The van der Waals surface area contributed by atoms with Crippen molar-refractivity contribution in [1.82, 2.24) is 10.3 Å². The zero-order valence-electron chi connectivity index (χ0n) is 19.5. The number of carbonyl (C=O) groups is 1. The molecule has 1 aromatic heterocycles. The van der Waals surface area contributed by atoms with Gasteiger partial charge >= 0.3 is 6.09 Å². The van der Waals surface area contributed by atoms with Crippen LogP contribution in [0.15, 0.2) is 66.9 Å². The van der Waals surface area contributed by atoms with E-state index in [0.29, 0.717) is 35.6 Å². The number of carbonyl (C=O) groups excluding carboxylic acids is 1. The van der Waals surface area contributed by atoms with Gasteiger partial charge < -0.3 is 15.4 Å². The first kappa shape index (κ1) is 23.0. The lowest BCUT2D eigenvalue weighted by atomic mass is 10.1. The minimum Gasteiger partial charge on any atom is -0.444 e. The molecule has 1 aliphatic heterocycles. The van der Waals surface area contributed by atoms with E-state index in [1.807, 2.05) is 75.4 Å². The summed E-state index contributed by atoms with van der Waals surface area (Å²) >= 11 is 0. The van der Waals surface area contributed by atoms with Gasteiger partial charge in [0.1, 0.15) is 17.3 Å². The van der Waals surface area contributed by atoms with E-state index in [9.17, 15) is 4.79 Å². The number of alkyl carbamates (subject to hydrolysis) is 1. The highest BCUT2D eigenvalue weighted by Gasteiger charge is 2.28. The highest BCUT2D eigenvalue weighted by atomic mass is 16.6. The second-order valence-corrected chi connectivity index (χ2v) is 8.95. The molecular formula is C26H28N6O2. The number of rotatable bonds is 4. The Morgan fingerprint density at radius 3 is 2.56 bits per heavy atom. The molecule has 4 rings (SSSR count). The van der Waals surface area contributed by atoms with E-state index in [1.165, 1.54) is 0 Å². The molecule has 0 atom stereocenters. The Balaban J connectivity index is 1.51. The molecule has 1 amide bonds. The molecular weight excluding hydrogens is 428 g/mol. The van der Waals surface area contributed by atoms with Crippen LogP contribution >= 0.6 is 0 Å². The second-order valence-electron chi connectivity index (χ2n) is 8.95. The maximum atomic E-state index is 11.8. The van der Waals surface area contributed by atoms with Gasteiger partial charge in [-0.3, -0.25) is 15.7 Å². The van der Waals surface area contributed by atoms with Crippen LogP contribution in [0.2, 0.25) is 0 Å². The lowest BCUT2D eigenvalue weighted by molar-refractivity contribution is 0.0528. The van der Waals surface area contributed by atoms with Crippen LogP contribution in [-0.2, 0) is 11.2 Å². The maximum Gasteiger partial charge on any atom is 0.407 e. The average molecular weight is 457 g/mol. The van der Waals surface area contributed by atoms with E-state index in [4.69, 9.17) is 15.6 Å². The molecule has 0 unspecified atom stereocenters. The molecule has 0 aliphatic carbocycles. The monoisotopic (exact) mass is 456 g/mol. The molecule has 0 fully saturated rings. The molecule has 2 heterocycles. The van der Waals surface area contributed by atoms with Crippen LogP contribution < -0.4 is 15.5 Å². The summed E-state index contributed by atoms with van der Waals surface area (Å²) in [6.45, 7) is 5.93. The first-order valence-corrected chi connectivity index (χ1v) is 11.1. The van der Waals surface area contributed by atoms with Gasteiger partial charge in [0.2, 0.25) is 0 Å². The summed E-state index contributed by atoms with van der Waals surface area (Å²) in [6.07, 6.45) is 1.88. The van der Waals surface area contributed by atoms with Crippen LogP contribution in [0.4, 0.5) is 22.0 Å². The van der Waals surface area contributed by atoms with Gasteiger partial charge in [-0.2, -0.15) is 0 Å². The smallest absolute Gasteiger partial charge is 0.407 e. The van der Waals surface area contributed by atoms with E-state index in [1.54, 1.807) is 17.2 Å². The molecule has 174 valence electrons. The summed E-state index contributed by atoms with van der Waals surface area (Å²) in [5.74, 6) is 0.966. The minimum atomic E-state index is -0.530. The number of nitrogens with one attached hydrogen (secondary N) is 4. The van der Waals surface area contributed by atoms with Crippen molar-refractivity contribution in [2.75, 3.05) is 16.8 Å².